The van der Waals surface area contributed by atoms with Crippen LogP contribution in [0.25, 0.3) is 0 Å². The molecule has 0 aliphatic rings. The summed E-state index contributed by atoms with van der Waals surface area (Å²) in [5.41, 5.74) is 26.3. The van der Waals surface area contributed by atoms with Gasteiger partial charge in [0.05, 0.1) is 0 Å². The number of ether oxygens (including phenoxy) is 9. The van der Waals surface area contributed by atoms with Crippen molar-refractivity contribution >= 4 is 0 Å². The fourth-order valence-electron chi connectivity index (χ4n) is 14.2. The van der Waals surface area contributed by atoms with Crippen LogP contribution in [0.3, 0.4) is 0 Å². The second-order valence-corrected chi connectivity index (χ2v) is 28.7. The summed E-state index contributed by atoms with van der Waals surface area (Å²) in [6.45, 7) is 31.0. The van der Waals surface area contributed by atoms with Gasteiger partial charge < -0.3 is 50.1 Å². The van der Waals surface area contributed by atoms with Crippen LogP contribution in [0.2, 0.25) is 0 Å². The van der Waals surface area contributed by atoms with Crippen LogP contribution in [0.1, 0.15) is 142 Å². The van der Waals surface area contributed by atoms with Gasteiger partial charge in [-0.1, -0.05) is 212 Å². The maximum atomic E-state index is 6.65. The molecule has 0 heterocycles. The van der Waals surface area contributed by atoms with E-state index in [1.807, 2.05) is 54.6 Å². The van der Waals surface area contributed by atoms with Crippen molar-refractivity contribution < 1.29 is 64.5 Å². The normalized spacial score (nSPS) is 11.1. The van der Waals surface area contributed by atoms with E-state index in [-0.39, 0.29) is 49.1 Å². The Morgan fingerprint density at radius 3 is 0.472 bits per heavy atom. The Morgan fingerprint density at radius 2 is 0.321 bits per heavy atom. The molecule has 0 saturated heterocycles. The van der Waals surface area contributed by atoms with Crippen molar-refractivity contribution in [3.05, 3.63) is 378 Å². The average Bonchev–Trinajstić information content (AvgIpc) is 0.761. The molecule has 0 atom stereocenters. The van der Waals surface area contributed by atoms with Gasteiger partial charge in [-0.15, -0.1) is 0 Å². The molecule has 106 heavy (non-hydrogen) atoms. The predicted molar refractivity (Wildman–Crippen MR) is 427 cm³/mol. The zero-order valence-corrected chi connectivity index (χ0v) is 65.4. The molecule has 12 aromatic carbocycles. The molecule has 0 amide bonds. The summed E-state index contributed by atoms with van der Waals surface area (Å²) in [6, 6.07) is 82.5. The number of benzene rings is 12. The van der Waals surface area contributed by atoms with Crippen molar-refractivity contribution in [2.75, 3.05) is 0 Å². The fraction of sp³-hybridized carbons (Fsp3) is 0.240. The summed E-state index contributed by atoms with van der Waals surface area (Å²) < 4.78 is 58.9. The van der Waals surface area contributed by atoms with Crippen LogP contribution in [0.15, 0.2) is 237 Å². The van der Waals surface area contributed by atoms with Gasteiger partial charge in [0.15, 0.2) is 0 Å². The van der Waals surface area contributed by atoms with Crippen molar-refractivity contribution in [3.8, 4) is 51.7 Å². The monoisotopic (exact) mass is 1500 g/mol. The van der Waals surface area contributed by atoms with E-state index in [1.165, 1.54) is 66.8 Å². The van der Waals surface area contributed by atoms with Gasteiger partial charge in [0.1, 0.15) is 111 Å². The van der Waals surface area contributed by atoms with Crippen molar-refractivity contribution in [1.29, 1.82) is 0 Å². The summed E-state index contributed by atoms with van der Waals surface area (Å²) in [6.07, 6.45) is 0. The maximum Gasteiger partial charge on any atom is 0.123 e. The molecule has 0 fully saturated rings. The second-order valence-electron chi connectivity index (χ2n) is 28.7. The maximum absolute atomic E-state index is 6.65. The van der Waals surface area contributed by atoms with Crippen LogP contribution in [0.4, 0.5) is 0 Å². The molecule has 0 aromatic heterocycles. The number of hydrogen-bond donors (Lipinski definition) is 0. The molecule has 12 aromatic rings. The van der Waals surface area contributed by atoms with Crippen LogP contribution in [-0.4, -0.2) is 0 Å². The Bertz CT molecular complexity index is 4130. The second kappa shape index (κ2) is 36.0. The molecule has 0 bridgehead atoms. The zero-order chi connectivity index (χ0) is 72.9. The molecule has 0 aliphatic heterocycles. The van der Waals surface area contributed by atoms with Gasteiger partial charge in [-0.25, -0.2) is 0 Å². The SMILES string of the molecule is Cc1cc(C)cc(COc2cc(COc3ccc(C(C)(c4ccc(OCc5cc(OCc6cc(C)cc(C)c6)cc(OCc6cc(C)cc(C)c6)c5)cc4)c4ccc(OCc5cc(OCc6cc(C)cc(C)c6)cc(OCc6cc(C)cc(C)c6)c5)cc4)cc3)cc(OCc3cc(C)cc(C)c3)c2)c1.[CH3-].[HH].[Pd]. The van der Waals surface area contributed by atoms with Crippen molar-refractivity contribution in [2.45, 2.75) is 155 Å². The van der Waals surface area contributed by atoms with Crippen molar-refractivity contribution in [2.24, 2.45) is 0 Å². The Balaban J connectivity index is 0.00000441. The van der Waals surface area contributed by atoms with E-state index in [4.69, 9.17) is 42.6 Å². The predicted octanol–water partition coefficient (Wildman–Crippen LogP) is 23.6. The Hall–Kier alpha value is -10.5. The third-order valence-electron chi connectivity index (χ3n) is 18.5. The molecule has 0 unspecified atom stereocenters. The molecule has 0 N–H and O–H groups in total. The van der Waals surface area contributed by atoms with Crippen LogP contribution in [0.5, 0.6) is 51.7 Å². The van der Waals surface area contributed by atoms with E-state index in [0.29, 0.717) is 74.1 Å². The van der Waals surface area contributed by atoms with Gasteiger partial charge in [0, 0.05) is 45.5 Å². The molecule has 0 radical (unpaired) electrons. The first kappa shape index (κ1) is 78.1. The minimum absolute atomic E-state index is 0. The van der Waals surface area contributed by atoms with Gasteiger partial charge >= 0.3 is 0 Å². The van der Waals surface area contributed by atoms with Gasteiger partial charge in [0.25, 0.3) is 0 Å². The van der Waals surface area contributed by atoms with Crippen LogP contribution in [-0.2, 0) is 85.3 Å². The minimum Gasteiger partial charge on any atom is -0.489 e. The average molecular weight is 1510 g/mol. The van der Waals surface area contributed by atoms with Gasteiger partial charge in [-0.3, -0.25) is 0 Å². The van der Waals surface area contributed by atoms with E-state index in [1.54, 1.807) is 0 Å². The Labute approximate surface area is 644 Å². The van der Waals surface area contributed by atoms with Gasteiger partial charge in [0.2, 0.25) is 0 Å². The van der Waals surface area contributed by atoms with E-state index in [9.17, 15) is 0 Å². The third-order valence-corrected chi connectivity index (χ3v) is 18.5. The van der Waals surface area contributed by atoms with Crippen molar-refractivity contribution in [3.63, 3.8) is 0 Å². The van der Waals surface area contributed by atoms with Crippen LogP contribution < -0.4 is 42.6 Å². The first-order valence-electron chi connectivity index (χ1n) is 35.9. The number of hydrogen-bond acceptors (Lipinski definition) is 9. The topological polar surface area (TPSA) is 83.1 Å². The molecule has 12 rings (SSSR count). The number of rotatable bonds is 30. The summed E-state index contributed by atoms with van der Waals surface area (Å²) >= 11 is 0. The Morgan fingerprint density at radius 1 is 0.189 bits per heavy atom. The van der Waals surface area contributed by atoms with Gasteiger partial charge in [-0.2, -0.15) is 0 Å². The van der Waals surface area contributed by atoms with Crippen LogP contribution >= 0.6 is 0 Å². The Kier molecular flexibility index (Phi) is 26.5. The fourth-order valence-corrected chi connectivity index (χ4v) is 14.2. The van der Waals surface area contributed by atoms with Gasteiger partial charge in [-0.05, 0) is 230 Å². The molecule has 9 nitrogen and oxygen atoms in total. The molecule has 0 aliphatic carbocycles. The van der Waals surface area contributed by atoms with E-state index < -0.39 is 5.41 Å². The first-order valence-corrected chi connectivity index (χ1v) is 35.9. The van der Waals surface area contributed by atoms with E-state index >= 15 is 0 Å². The first-order chi connectivity index (χ1) is 50.1. The third kappa shape index (κ3) is 22.0. The zero-order valence-electron chi connectivity index (χ0n) is 63.9. The minimum atomic E-state index is -0.660. The molecular formula is C96H101O9Pd-. The standard InChI is InChI=1S/C95H96O9.CH3.Pd.H2/c1-62-26-63(2)33-74(32-62)53-99-89-44-80(45-90(50-89)100-54-75-34-64(3)27-65(4)35-75)59-96-86-20-14-83(15-21-86)95(13,84-16-22-87(23-17-84)97-60-81-46-91(101-55-76-36-66(5)28-67(6)37-76)51-92(47-81)102-56-77-38-68(7)29-69(8)39-77)85-18-24-88(25-19-85)98-61-82-48-93(103-57-78-40-70(9)30-71(10)41-78)52-94(49-82)104-58-79-42-72(11)31-73(12)43-79;;;/h14-52H,53-61H2,1-13H3;1H3;;1H/q;-1;;. The van der Waals surface area contributed by atoms with Crippen molar-refractivity contribution in [1.82, 2.24) is 0 Å². The smallest absolute Gasteiger partial charge is 0.123 e. The molecule has 0 saturated carbocycles. The van der Waals surface area contributed by atoms with E-state index in [0.717, 1.165) is 84.0 Å². The molecular weight excluding hydrogens is 1400 g/mol. The summed E-state index contributed by atoms with van der Waals surface area (Å²) in [5, 5.41) is 0. The molecule has 0 spiro atoms. The molecule has 550 valence electrons. The summed E-state index contributed by atoms with van der Waals surface area (Å²) in [4.78, 5) is 0. The largest absolute Gasteiger partial charge is 0.489 e. The summed E-state index contributed by atoms with van der Waals surface area (Å²) in [7, 11) is 0. The molecule has 10 heteroatoms. The van der Waals surface area contributed by atoms with E-state index in [2.05, 4.69) is 272 Å². The summed E-state index contributed by atoms with van der Waals surface area (Å²) in [5.74, 6) is 6.41. The number of aryl methyl sites for hydroxylation is 12. The van der Waals surface area contributed by atoms with Crippen LogP contribution in [0, 0.1) is 90.5 Å². The quantitative estimate of drug-likeness (QED) is 0.0248.